The van der Waals surface area contributed by atoms with E-state index < -0.39 is 11.5 Å². The molecule has 0 radical (unpaired) electrons. The largest absolute Gasteiger partial charge is 0.480 e. The zero-order valence-corrected chi connectivity index (χ0v) is 11.0. The first kappa shape index (κ1) is 13.3. The Labute approximate surface area is 107 Å². The summed E-state index contributed by atoms with van der Waals surface area (Å²) in [5.41, 5.74) is -1.18. The van der Waals surface area contributed by atoms with Crippen molar-refractivity contribution >= 4 is 11.9 Å². The van der Waals surface area contributed by atoms with Gasteiger partial charge in [-0.15, -0.1) is 0 Å². The van der Waals surface area contributed by atoms with Gasteiger partial charge < -0.3 is 15.7 Å². The fourth-order valence-corrected chi connectivity index (χ4v) is 3.06. The molecule has 0 aliphatic carbocycles. The summed E-state index contributed by atoms with van der Waals surface area (Å²) in [5.74, 6) is -0.747. The van der Waals surface area contributed by atoms with Crippen molar-refractivity contribution in [2.75, 3.05) is 0 Å². The lowest BCUT2D eigenvalue weighted by molar-refractivity contribution is -0.146. The summed E-state index contributed by atoms with van der Waals surface area (Å²) in [6.07, 6.45) is 4.95. The van der Waals surface area contributed by atoms with Crippen LogP contribution < -0.4 is 10.6 Å². The Balaban J connectivity index is 1.83. The van der Waals surface area contributed by atoms with E-state index in [1.165, 1.54) is 26.7 Å². The highest BCUT2D eigenvalue weighted by molar-refractivity contribution is 5.86. The van der Waals surface area contributed by atoms with Crippen LogP contribution in [-0.2, 0) is 9.59 Å². The van der Waals surface area contributed by atoms with Gasteiger partial charge in [0.2, 0.25) is 5.91 Å². The van der Waals surface area contributed by atoms with Crippen LogP contribution in [0.5, 0.6) is 0 Å². The van der Waals surface area contributed by atoms with E-state index in [9.17, 15) is 9.59 Å². The molecule has 0 aromatic rings. The van der Waals surface area contributed by atoms with Crippen molar-refractivity contribution in [3.63, 3.8) is 0 Å². The Morgan fingerprint density at radius 2 is 1.83 bits per heavy atom. The van der Waals surface area contributed by atoms with Crippen molar-refractivity contribution in [3.8, 4) is 0 Å². The van der Waals surface area contributed by atoms with E-state index in [-0.39, 0.29) is 5.91 Å². The number of hydrogen-bond donors (Lipinski definition) is 3. The van der Waals surface area contributed by atoms with Gasteiger partial charge >= 0.3 is 5.97 Å². The summed E-state index contributed by atoms with van der Waals surface area (Å²) in [4.78, 5) is 22.8. The molecule has 2 aliphatic rings. The maximum atomic E-state index is 11.9. The van der Waals surface area contributed by atoms with E-state index in [0.29, 0.717) is 24.4 Å². The quantitative estimate of drug-likeness (QED) is 0.696. The summed E-state index contributed by atoms with van der Waals surface area (Å²) in [5, 5.41) is 15.1. The highest BCUT2D eigenvalue weighted by Crippen LogP contribution is 2.32. The molecule has 2 bridgehead atoms. The van der Waals surface area contributed by atoms with Crippen LogP contribution in [0.1, 0.15) is 46.0 Å². The molecule has 102 valence electrons. The standard InChI is InChI=1S/C13H22N2O3/c1-13(2,12(17)18)15-11(16)7-8-5-9-3-4-10(6-8)14-9/h8-10,14H,3-7H2,1-2H3,(H,15,16)(H,17,18). The first-order chi connectivity index (χ1) is 8.37. The predicted octanol–water partition coefficient (Wildman–Crippen LogP) is 0.886. The number of piperidine rings is 1. The first-order valence-electron chi connectivity index (χ1n) is 6.67. The Kier molecular flexibility index (Phi) is 3.61. The molecule has 5 heteroatoms. The summed E-state index contributed by atoms with van der Waals surface area (Å²) < 4.78 is 0. The number of aliphatic carboxylic acids is 1. The van der Waals surface area contributed by atoms with Gasteiger partial charge in [-0.05, 0) is 45.4 Å². The second kappa shape index (κ2) is 4.88. The molecule has 0 aromatic carbocycles. The van der Waals surface area contributed by atoms with Gasteiger partial charge in [0.25, 0.3) is 0 Å². The van der Waals surface area contributed by atoms with Crippen molar-refractivity contribution in [1.29, 1.82) is 0 Å². The van der Waals surface area contributed by atoms with E-state index in [0.717, 1.165) is 12.8 Å². The van der Waals surface area contributed by atoms with Crippen molar-refractivity contribution in [2.24, 2.45) is 5.92 Å². The molecule has 2 fully saturated rings. The number of carboxylic acids is 1. The number of carbonyl (C=O) groups excluding carboxylic acids is 1. The number of rotatable bonds is 4. The van der Waals surface area contributed by atoms with Gasteiger partial charge in [0.05, 0.1) is 0 Å². The van der Waals surface area contributed by atoms with E-state index in [1.54, 1.807) is 0 Å². The van der Waals surface area contributed by atoms with Crippen LogP contribution >= 0.6 is 0 Å². The monoisotopic (exact) mass is 254 g/mol. The number of carboxylic acid groups (broad SMARTS) is 1. The minimum Gasteiger partial charge on any atom is -0.480 e. The molecule has 0 aromatic heterocycles. The van der Waals surface area contributed by atoms with Crippen molar-refractivity contribution < 1.29 is 14.7 Å². The Morgan fingerprint density at radius 3 is 2.33 bits per heavy atom. The van der Waals surface area contributed by atoms with E-state index in [4.69, 9.17) is 5.11 Å². The number of carbonyl (C=O) groups is 2. The lowest BCUT2D eigenvalue weighted by Gasteiger charge is -2.29. The van der Waals surface area contributed by atoms with Gasteiger partial charge in [-0.2, -0.15) is 0 Å². The third-order valence-corrected chi connectivity index (χ3v) is 4.03. The summed E-state index contributed by atoms with van der Waals surface area (Å²) in [6.45, 7) is 3.03. The van der Waals surface area contributed by atoms with Crippen molar-refractivity contribution in [3.05, 3.63) is 0 Å². The zero-order valence-electron chi connectivity index (χ0n) is 11.0. The van der Waals surface area contributed by atoms with Crippen molar-refractivity contribution in [1.82, 2.24) is 10.6 Å². The molecule has 2 aliphatic heterocycles. The Bertz CT molecular complexity index is 342. The van der Waals surface area contributed by atoms with Crippen LogP contribution in [0.15, 0.2) is 0 Å². The molecule has 0 saturated carbocycles. The average molecular weight is 254 g/mol. The highest BCUT2D eigenvalue weighted by atomic mass is 16.4. The lowest BCUT2D eigenvalue weighted by Crippen LogP contribution is -2.50. The van der Waals surface area contributed by atoms with Crippen LogP contribution in [0.25, 0.3) is 0 Å². The molecule has 2 saturated heterocycles. The molecule has 2 heterocycles. The summed E-state index contributed by atoms with van der Waals surface area (Å²) in [6, 6.07) is 1.13. The average Bonchev–Trinajstić information content (AvgIpc) is 2.56. The molecule has 3 N–H and O–H groups in total. The lowest BCUT2D eigenvalue weighted by atomic mass is 9.89. The van der Waals surface area contributed by atoms with E-state index >= 15 is 0 Å². The zero-order chi connectivity index (χ0) is 13.3. The minimum absolute atomic E-state index is 0.145. The van der Waals surface area contributed by atoms with Gasteiger partial charge in [-0.1, -0.05) is 0 Å². The first-order valence-corrected chi connectivity index (χ1v) is 6.67. The smallest absolute Gasteiger partial charge is 0.328 e. The second-order valence-corrected chi connectivity index (χ2v) is 6.16. The molecule has 0 spiro atoms. The molecule has 5 nitrogen and oxygen atoms in total. The maximum Gasteiger partial charge on any atom is 0.328 e. The number of fused-ring (bicyclic) bond motifs is 2. The number of amides is 1. The van der Waals surface area contributed by atoms with Crippen LogP contribution in [0, 0.1) is 5.92 Å². The molecule has 2 atom stereocenters. The molecular formula is C13H22N2O3. The van der Waals surface area contributed by atoms with Gasteiger partial charge in [-0.25, -0.2) is 4.79 Å². The molecule has 2 unspecified atom stereocenters. The van der Waals surface area contributed by atoms with Crippen LogP contribution in [0.2, 0.25) is 0 Å². The molecular weight excluding hydrogens is 232 g/mol. The third-order valence-electron chi connectivity index (χ3n) is 4.03. The van der Waals surface area contributed by atoms with Crippen LogP contribution in [0.4, 0.5) is 0 Å². The van der Waals surface area contributed by atoms with Crippen LogP contribution in [0.3, 0.4) is 0 Å². The molecule has 2 rings (SSSR count). The van der Waals surface area contributed by atoms with Crippen LogP contribution in [-0.4, -0.2) is 34.6 Å². The normalized spacial score (nSPS) is 31.1. The third kappa shape index (κ3) is 3.02. The molecule has 18 heavy (non-hydrogen) atoms. The number of nitrogens with one attached hydrogen (secondary N) is 2. The number of hydrogen-bond acceptors (Lipinski definition) is 3. The van der Waals surface area contributed by atoms with Crippen molar-refractivity contribution in [2.45, 2.75) is 63.6 Å². The fraction of sp³-hybridized carbons (Fsp3) is 0.846. The topological polar surface area (TPSA) is 78.4 Å². The van der Waals surface area contributed by atoms with E-state index in [1.807, 2.05) is 0 Å². The maximum absolute atomic E-state index is 11.9. The van der Waals surface area contributed by atoms with E-state index in [2.05, 4.69) is 10.6 Å². The Hall–Kier alpha value is -1.10. The SMILES string of the molecule is CC(C)(NC(=O)CC1CC2CCC(C1)N2)C(=O)O. The van der Waals surface area contributed by atoms with Gasteiger partial charge in [0.15, 0.2) is 0 Å². The van der Waals surface area contributed by atoms with Gasteiger partial charge in [0.1, 0.15) is 5.54 Å². The fourth-order valence-electron chi connectivity index (χ4n) is 3.06. The van der Waals surface area contributed by atoms with Gasteiger partial charge in [0, 0.05) is 18.5 Å². The summed E-state index contributed by atoms with van der Waals surface area (Å²) >= 11 is 0. The second-order valence-electron chi connectivity index (χ2n) is 6.16. The summed E-state index contributed by atoms with van der Waals surface area (Å²) in [7, 11) is 0. The minimum atomic E-state index is -1.18. The molecule has 1 amide bonds. The predicted molar refractivity (Wildman–Crippen MR) is 67.1 cm³/mol. The Morgan fingerprint density at radius 1 is 1.28 bits per heavy atom. The van der Waals surface area contributed by atoms with Gasteiger partial charge in [-0.3, -0.25) is 4.79 Å². The highest BCUT2D eigenvalue weighted by Gasteiger charge is 2.35.